The number of nitrogen functional groups attached to an aromatic ring is 1. The molecule has 146 valence electrons. The molecule has 0 aliphatic rings. The lowest BCUT2D eigenvalue weighted by Gasteiger charge is -2.26. The van der Waals surface area contributed by atoms with Crippen LogP contribution in [0.4, 0.5) is 30.6 Å². The van der Waals surface area contributed by atoms with Gasteiger partial charge in [0.15, 0.2) is 0 Å². The monoisotopic (exact) mass is 407 g/mol. The van der Waals surface area contributed by atoms with E-state index in [1.807, 2.05) is 0 Å². The van der Waals surface area contributed by atoms with Crippen molar-refractivity contribution in [3.05, 3.63) is 41.0 Å². The van der Waals surface area contributed by atoms with Crippen LogP contribution >= 0.6 is 11.8 Å². The Hall–Kier alpha value is -3.00. The quantitative estimate of drug-likeness (QED) is 0.378. The summed E-state index contributed by atoms with van der Waals surface area (Å²) in [5.41, 5.74) is 5.96. The highest BCUT2D eigenvalue weighted by Gasteiger charge is 2.31. The minimum atomic E-state index is -4.43. The fourth-order valence-electron chi connectivity index (χ4n) is 2.70. The molecule has 0 aliphatic carbocycles. The van der Waals surface area contributed by atoms with Crippen LogP contribution in [-0.4, -0.2) is 33.2 Å². The number of aromatic amines is 1. The van der Waals surface area contributed by atoms with E-state index in [4.69, 9.17) is 12.3 Å². The van der Waals surface area contributed by atoms with Crippen molar-refractivity contribution in [2.75, 3.05) is 23.9 Å². The van der Waals surface area contributed by atoms with E-state index in [9.17, 15) is 13.2 Å². The number of hydrogen-bond donors (Lipinski definition) is 2. The summed E-state index contributed by atoms with van der Waals surface area (Å²) in [6, 6.07) is 2.93. The van der Waals surface area contributed by atoms with Crippen molar-refractivity contribution in [2.24, 2.45) is 0 Å². The summed E-state index contributed by atoms with van der Waals surface area (Å²) in [7, 11) is 1.71. The van der Waals surface area contributed by atoms with Crippen molar-refractivity contribution < 1.29 is 13.2 Å². The third kappa shape index (κ3) is 3.55. The standard InChI is InChI=1S/C17H16F3N7S/c1-8(27(3)14-12(22-2)15(28-4)26-16(21)25-14)13-23-10-6-5-9(17(18,19)20)7-11(10)24-13/h5-8H,1,3-4H3,(H,23,24)(H2,21,25,26)/t8-/m0/s1. The number of H-pyrrole nitrogens is 1. The molecule has 0 saturated heterocycles. The molecular weight excluding hydrogens is 391 g/mol. The summed E-state index contributed by atoms with van der Waals surface area (Å²) >= 11 is 1.28. The van der Waals surface area contributed by atoms with Crippen LogP contribution in [-0.2, 0) is 6.18 Å². The van der Waals surface area contributed by atoms with Gasteiger partial charge in [-0.15, -0.1) is 11.8 Å². The van der Waals surface area contributed by atoms with E-state index in [-0.39, 0.29) is 17.2 Å². The molecule has 28 heavy (non-hydrogen) atoms. The summed E-state index contributed by atoms with van der Waals surface area (Å²) in [5, 5.41) is 0.455. The van der Waals surface area contributed by atoms with E-state index in [1.54, 1.807) is 25.1 Å². The first-order chi connectivity index (χ1) is 13.2. The molecule has 1 atom stereocenters. The van der Waals surface area contributed by atoms with Crippen molar-refractivity contribution in [1.82, 2.24) is 19.9 Å². The zero-order valence-corrected chi connectivity index (χ0v) is 16.0. The van der Waals surface area contributed by atoms with Gasteiger partial charge >= 0.3 is 6.18 Å². The minimum absolute atomic E-state index is 0.0326. The van der Waals surface area contributed by atoms with Crippen LogP contribution in [0.25, 0.3) is 15.9 Å². The Morgan fingerprint density at radius 3 is 2.61 bits per heavy atom. The minimum Gasteiger partial charge on any atom is -0.368 e. The van der Waals surface area contributed by atoms with E-state index in [1.165, 1.54) is 17.8 Å². The molecule has 0 amide bonds. The van der Waals surface area contributed by atoms with E-state index in [0.29, 0.717) is 22.2 Å². The molecule has 0 bridgehead atoms. The highest BCUT2D eigenvalue weighted by atomic mass is 32.2. The number of thioether (sulfide) groups is 1. The van der Waals surface area contributed by atoms with Gasteiger partial charge in [0, 0.05) is 7.05 Å². The number of fused-ring (bicyclic) bond motifs is 1. The van der Waals surface area contributed by atoms with Crippen molar-refractivity contribution in [1.29, 1.82) is 0 Å². The van der Waals surface area contributed by atoms with Crippen LogP contribution in [0, 0.1) is 6.57 Å². The van der Waals surface area contributed by atoms with Crippen LogP contribution in [0.5, 0.6) is 0 Å². The maximum Gasteiger partial charge on any atom is 0.416 e. The molecule has 0 saturated carbocycles. The molecule has 0 unspecified atom stereocenters. The SMILES string of the molecule is [C-]#[N+]c1c(SC)nc(N)nc1N(C)[C@@H](C)c1nc2ccc(C(F)(F)F)cc2[nH]1. The third-order valence-corrected chi connectivity index (χ3v) is 4.97. The zero-order chi connectivity index (χ0) is 20.6. The van der Waals surface area contributed by atoms with Crippen LogP contribution < -0.4 is 10.6 Å². The summed E-state index contributed by atoms with van der Waals surface area (Å²) < 4.78 is 38.8. The predicted molar refractivity (Wildman–Crippen MR) is 102 cm³/mol. The fourth-order valence-corrected chi connectivity index (χ4v) is 3.21. The summed E-state index contributed by atoms with van der Waals surface area (Å²) in [6.45, 7) is 9.24. The molecular formula is C17H16F3N7S. The molecule has 0 radical (unpaired) electrons. The number of nitrogens with one attached hydrogen (secondary N) is 1. The van der Waals surface area contributed by atoms with Gasteiger partial charge in [0.05, 0.1) is 29.2 Å². The van der Waals surface area contributed by atoms with Gasteiger partial charge in [-0.1, -0.05) is 0 Å². The van der Waals surface area contributed by atoms with Gasteiger partial charge in [-0.2, -0.15) is 13.2 Å². The second kappa shape index (κ2) is 7.20. The van der Waals surface area contributed by atoms with Gasteiger partial charge in [0.1, 0.15) is 16.7 Å². The Morgan fingerprint density at radius 1 is 1.29 bits per heavy atom. The smallest absolute Gasteiger partial charge is 0.368 e. The number of hydrogen-bond acceptors (Lipinski definition) is 6. The largest absolute Gasteiger partial charge is 0.416 e. The summed E-state index contributed by atoms with van der Waals surface area (Å²) in [6.07, 6.45) is -2.65. The molecule has 11 heteroatoms. The molecule has 3 aromatic rings. The first-order valence-electron chi connectivity index (χ1n) is 8.04. The maximum atomic E-state index is 12.9. The van der Waals surface area contributed by atoms with Gasteiger partial charge in [0.2, 0.25) is 5.95 Å². The van der Waals surface area contributed by atoms with Crippen LogP contribution in [0.15, 0.2) is 23.2 Å². The molecule has 1 aromatic carbocycles. The Balaban J connectivity index is 2.01. The zero-order valence-electron chi connectivity index (χ0n) is 15.2. The van der Waals surface area contributed by atoms with Gasteiger partial charge < -0.3 is 15.6 Å². The van der Waals surface area contributed by atoms with Crippen molar-refractivity contribution in [3.63, 3.8) is 0 Å². The highest BCUT2D eigenvalue weighted by molar-refractivity contribution is 7.98. The number of alkyl halides is 3. The maximum absolute atomic E-state index is 12.9. The lowest BCUT2D eigenvalue weighted by molar-refractivity contribution is -0.137. The average molecular weight is 407 g/mol. The van der Waals surface area contributed by atoms with Crippen LogP contribution in [0.1, 0.15) is 24.4 Å². The average Bonchev–Trinajstić information content (AvgIpc) is 3.08. The summed E-state index contributed by atoms with van der Waals surface area (Å²) in [4.78, 5) is 20.7. The van der Waals surface area contributed by atoms with Gasteiger partial charge in [-0.25, -0.2) is 19.8 Å². The molecule has 7 nitrogen and oxygen atoms in total. The Kier molecular flexibility index (Phi) is 5.08. The number of nitrogens with two attached hydrogens (primary N) is 1. The highest BCUT2D eigenvalue weighted by Crippen LogP contribution is 2.38. The first-order valence-corrected chi connectivity index (χ1v) is 9.26. The topological polar surface area (TPSA) is 88.1 Å². The summed E-state index contributed by atoms with van der Waals surface area (Å²) in [5.74, 6) is 0.802. The normalized spacial score (nSPS) is 12.8. The molecule has 3 N–H and O–H groups in total. The number of rotatable bonds is 4. The number of benzene rings is 1. The number of imidazole rings is 1. The van der Waals surface area contributed by atoms with Crippen molar-refractivity contribution >= 4 is 40.2 Å². The lowest BCUT2D eigenvalue weighted by atomic mass is 10.2. The molecule has 2 heterocycles. The van der Waals surface area contributed by atoms with Crippen LogP contribution in [0.3, 0.4) is 0 Å². The van der Waals surface area contributed by atoms with Gasteiger partial charge in [0.25, 0.3) is 5.69 Å². The van der Waals surface area contributed by atoms with Gasteiger partial charge in [-0.05, 0) is 31.4 Å². The van der Waals surface area contributed by atoms with Crippen LogP contribution in [0.2, 0.25) is 0 Å². The number of aromatic nitrogens is 4. The van der Waals surface area contributed by atoms with Gasteiger partial charge in [-0.3, -0.25) is 0 Å². The predicted octanol–water partition coefficient (Wildman–Crippen LogP) is 4.42. The molecule has 3 rings (SSSR count). The Morgan fingerprint density at radius 2 is 2.00 bits per heavy atom. The molecule has 0 spiro atoms. The van der Waals surface area contributed by atoms with Crippen molar-refractivity contribution in [2.45, 2.75) is 24.2 Å². The Bertz CT molecular complexity index is 1070. The number of halogens is 3. The first kappa shape index (κ1) is 19.8. The second-order valence-electron chi connectivity index (χ2n) is 6.01. The molecule has 0 fully saturated rings. The molecule has 0 aliphatic heterocycles. The Labute approximate surface area is 163 Å². The number of anilines is 2. The molecule has 2 aromatic heterocycles. The van der Waals surface area contributed by atoms with E-state index in [0.717, 1.165) is 12.1 Å². The van der Waals surface area contributed by atoms with E-state index in [2.05, 4.69) is 24.8 Å². The van der Waals surface area contributed by atoms with E-state index < -0.39 is 17.8 Å². The third-order valence-electron chi connectivity index (χ3n) is 4.29. The van der Waals surface area contributed by atoms with E-state index >= 15 is 0 Å². The second-order valence-corrected chi connectivity index (χ2v) is 6.81. The number of nitrogens with zero attached hydrogens (tertiary/aromatic N) is 5. The fraction of sp³-hybridized carbons (Fsp3) is 0.294. The lowest BCUT2D eigenvalue weighted by Crippen LogP contribution is -2.24. The van der Waals surface area contributed by atoms with Crippen molar-refractivity contribution in [3.8, 4) is 0 Å².